The molecule has 1 aliphatic rings. The molecule has 3 atom stereocenters. The van der Waals surface area contributed by atoms with E-state index in [1.165, 1.54) is 43.0 Å². The van der Waals surface area contributed by atoms with Gasteiger partial charge in [0.2, 0.25) is 0 Å². The van der Waals surface area contributed by atoms with Gasteiger partial charge in [-0.2, -0.15) is 0 Å². The number of aromatic nitrogens is 2. The number of benzene rings is 1. The van der Waals surface area contributed by atoms with E-state index in [-0.39, 0.29) is 18.6 Å². The van der Waals surface area contributed by atoms with Crippen LogP contribution in [0.1, 0.15) is 69.4 Å². The second kappa shape index (κ2) is 12.2. The minimum atomic E-state index is -0.841. The molecule has 0 aliphatic carbocycles. The Morgan fingerprint density at radius 1 is 1.11 bits per heavy atom. The van der Waals surface area contributed by atoms with E-state index in [1.54, 1.807) is 0 Å². The number of unbranched alkanes of at least 4 members (excludes halogenated alkanes) is 2. The highest BCUT2D eigenvalue weighted by Crippen LogP contribution is 2.30. The summed E-state index contributed by atoms with van der Waals surface area (Å²) in [7, 11) is 0. The van der Waals surface area contributed by atoms with E-state index < -0.39 is 41.6 Å². The first-order chi connectivity index (χ1) is 16.8. The summed E-state index contributed by atoms with van der Waals surface area (Å²) in [4.78, 5) is 49.8. The van der Waals surface area contributed by atoms with Crippen molar-refractivity contribution in [3.05, 3.63) is 68.0 Å². The first kappa shape index (κ1) is 26.0. The number of aromatic amines is 1. The van der Waals surface area contributed by atoms with Crippen molar-refractivity contribution in [2.24, 2.45) is 0 Å². The van der Waals surface area contributed by atoms with Crippen LogP contribution in [0.4, 0.5) is 0 Å². The van der Waals surface area contributed by atoms with Gasteiger partial charge < -0.3 is 14.2 Å². The Balaban J connectivity index is 1.79. The quantitative estimate of drug-likeness (QED) is 0.349. The Kier molecular flexibility index (Phi) is 9.04. The van der Waals surface area contributed by atoms with E-state index in [0.717, 1.165) is 18.4 Å². The lowest BCUT2D eigenvalue weighted by Crippen LogP contribution is -2.34. The zero-order chi connectivity index (χ0) is 25.4. The van der Waals surface area contributed by atoms with E-state index in [4.69, 9.17) is 14.2 Å². The summed E-state index contributed by atoms with van der Waals surface area (Å²) in [5.74, 6) is 4.75. The molecule has 0 saturated carbocycles. The fourth-order valence-electron chi connectivity index (χ4n) is 3.82. The van der Waals surface area contributed by atoms with Crippen LogP contribution in [0.3, 0.4) is 0 Å². The van der Waals surface area contributed by atoms with Crippen LogP contribution in [0.25, 0.3) is 0 Å². The van der Waals surface area contributed by atoms with Crippen LogP contribution in [-0.2, 0) is 30.2 Å². The fraction of sp³-hybridized carbons (Fsp3) is 0.462. The second-order valence-corrected chi connectivity index (χ2v) is 8.43. The number of ether oxygens (including phenoxy) is 3. The van der Waals surface area contributed by atoms with Crippen LogP contribution < -0.4 is 11.2 Å². The molecule has 1 aromatic carbocycles. The predicted molar refractivity (Wildman–Crippen MR) is 128 cm³/mol. The molecule has 1 N–H and O–H groups in total. The number of nitrogens with one attached hydrogen (secondary N) is 1. The minimum Gasteiger partial charge on any atom is -0.463 e. The predicted octanol–water partition coefficient (Wildman–Crippen LogP) is 2.45. The number of H-pyrrole nitrogens is 1. The SMILES string of the molecule is CCCCCc1ccc(C#Cc2cn([C@H]3C[C@H](OC(C)=O)[C@@H](COC(C)=O)O3)c(=O)[nH]c2=O)cc1. The molecule has 1 fully saturated rings. The molecule has 1 aliphatic heterocycles. The van der Waals surface area contributed by atoms with Crippen molar-refractivity contribution < 1.29 is 23.8 Å². The molecule has 0 amide bonds. The summed E-state index contributed by atoms with van der Waals surface area (Å²) >= 11 is 0. The van der Waals surface area contributed by atoms with Crippen molar-refractivity contribution in [3.63, 3.8) is 0 Å². The summed E-state index contributed by atoms with van der Waals surface area (Å²) in [5, 5.41) is 0. The Labute approximate surface area is 203 Å². The largest absolute Gasteiger partial charge is 0.463 e. The summed E-state index contributed by atoms with van der Waals surface area (Å²) < 4.78 is 17.3. The molecular weight excluding hydrogens is 452 g/mol. The van der Waals surface area contributed by atoms with E-state index in [9.17, 15) is 19.2 Å². The van der Waals surface area contributed by atoms with Gasteiger partial charge >= 0.3 is 17.6 Å². The van der Waals surface area contributed by atoms with E-state index in [2.05, 4.69) is 23.7 Å². The molecule has 2 heterocycles. The standard InChI is InChI=1S/C26H30N2O7/c1-4-5-6-7-19-8-10-20(11-9-19)12-13-21-15-28(26(32)27-25(21)31)24-14-22(34-18(3)30)23(35-24)16-33-17(2)29/h8-11,15,22-24H,4-7,14,16H2,1-3H3,(H,27,31,32)/t22-,23+,24+/m0/s1. The van der Waals surface area contributed by atoms with Crippen LogP contribution in [0, 0.1) is 11.8 Å². The van der Waals surface area contributed by atoms with Crippen LogP contribution in [-0.4, -0.2) is 40.3 Å². The van der Waals surface area contributed by atoms with Gasteiger partial charge in [-0.25, -0.2) is 4.79 Å². The maximum absolute atomic E-state index is 12.5. The number of rotatable bonds is 8. The number of nitrogens with zero attached hydrogens (tertiary/aromatic N) is 1. The van der Waals surface area contributed by atoms with E-state index in [0.29, 0.717) is 0 Å². The summed E-state index contributed by atoms with van der Waals surface area (Å²) in [6, 6.07) is 7.86. The van der Waals surface area contributed by atoms with Crippen molar-refractivity contribution in [1.29, 1.82) is 0 Å². The molecule has 1 aromatic heterocycles. The third-order valence-corrected chi connectivity index (χ3v) is 5.59. The molecule has 0 spiro atoms. The zero-order valence-electron chi connectivity index (χ0n) is 20.2. The Bertz CT molecular complexity index is 1220. The molecule has 9 heteroatoms. The molecule has 9 nitrogen and oxygen atoms in total. The molecule has 0 unspecified atom stereocenters. The molecule has 1 saturated heterocycles. The first-order valence-corrected chi connectivity index (χ1v) is 11.7. The maximum Gasteiger partial charge on any atom is 0.330 e. The van der Waals surface area contributed by atoms with Crippen LogP contribution >= 0.6 is 0 Å². The van der Waals surface area contributed by atoms with Crippen LogP contribution in [0.2, 0.25) is 0 Å². The number of hydrogen-bond acceptors (Lipinski definition) is 7. The topological polar surface area (TPSA) is 117 Å². The lowest BCUT2D eigenvalue weighted by Gasteiger charge is -2.17. The van der Waals surface area contributed by atoms with Gasteiger partial charge in [-0.1, -0.05) is 43.7 Å². The van der Waals surface area contributed by atoms with E-state index in [1.807, 2.05) is 24.3 Å². The summed E-state index contributed by atoms with van der Waals surface area (Å²) in [6.45, 7) is 4.55. The number of hydrogen-bond donors (Lipinski definition) is 1. The average Bonchev–Trinajstić information content (AvgIpc) is 3.19. The van der Waals surface area contributed by atoms with Gasteiger partial charge in [-0.3, -0.25) is 23.9 Å². The Morgan fingerprint density at radius 2 is 1.86 bits per heavy atom. The first-order valence-electron chi connectivity index (χ1n) is 11.7. The Morgan fingerprint density at radius 3 is 2.51 bits per heavy atom. The minimum absolute atomic E-state index is 0.0905. The van der Waals surface area contributed by atoms with Crippen molar-refractivity contribution in [1.82, 2.24) is 9.55 Å². The van der Waals surface area contributed by atoms with Gasteiger partial charge in [-0.05, 0) is 30.5 Å². The van der Waals surface area contributed by atoms with Gasteiger partial charge in [0, 0.05) is 32.0 Å². The number of carbonyl (C=O) groups is 2. The molecule has 186 valence electrons. The molecule has 0 radical (unpaired) electrons. The number of carbonyl (C=O) groups excluding carboxylic acids is 2. The highest BCUT2D eigenvalue weighted by atomic mass is 16.6. The molecule has 2 aromatic rings. The van der Waals surface area contributed by atoms with Crippen molar-refractivity contribution >= 4 is 11.9 Å². The smallest absolute Gasteiger partial charge is 0.330 e. The highest BCUT2D eigenvalue weighted by molar-refractivity contribution is 5.66. The van der Waals surface area contributed by atoms with Crippen molar-refractivity contribution in [3.8, 4) is 11.8 Å². The number of esters is 2. The van der Waals surface area contributed by atoms with Gasteiger partial charge in [0.15, 0.2) is 0 Å². The monoisotopic (exact) mass is 482 g/mol. The third kappa shape index (κ3) is 7.42. The van der Waals surface area contributed by atoms with Crippen LogP contribution in [0.5, 0.6) is 0 Å². The molecule has 3 rings (SSSR count). The molecule has 35 heavy (non-hydrogen) atoms. The van der Waals surface area contributed by atoms with Gasteiger partial charge in [0.1, 0.15) is 30.6 Å². The second-order valence-electron chi connectivity index (χ2n) is 8.43. The third-order valence-electron chi connectivity index (χ3n) is 5.59. The molecular formula is C26H30N2O7. The lowest BCUT2D eigenvalue weighted by atomic mass is 10.1. The maximum atomic E-state index is 12.5. The molecule has 0 bridgehead atoms. The van der Waals surface area contributed by atoms with Crippen LogP contribution in [0.15, 0.2) is 40.1 Å². The zero-order valence-corrected chi connectivity index (χ0v) is 20.2. The van der Waals surface area contributed by atoms with Crippen molar-refractivity contribution in [2.45, 2.75) is 71.3 Å². The lowest BCUT2D eigenvalue weighted by molar-refractivity contribution is -0.155. The van der Waals surface area contributed by atoms with Crippen molar-refractivity contribution in [2.75, 3.05) is 6.61 Å². The fourth-order valence-corrected chi connectivity index (χ4v) is 3.82. The highest BCUT2D eigenvalue weighted by Gasteiger charge is 2.39. The number of aryl methyl sites for hydroxylation is 1. The van der Waals surface area contributed by atoms with E-state index >= 15 is 0 Å². The van der Waals surface area contributed by atoms with Gasteiger partial charge in [0.05, 0.1) is 0 Å². The Hall–Kier alpha value is -3.64. The summed E-state index contributed by atoms with van der Waals surface area (Å²) in [6.07, 6.45) is 3.67. The van der Waals surface area contributed by atoms with Gasteiger partial charge in [0.25, 0.3) is 5.56 Å². The summed E-state index contributed by atoms with van der Waals surface area (Å²) in [5.41, 5.74) is 0.777. The normalized spacial score (nSPS) is 19.0. The van der Waals surface area contributed by atoms with Gasteiger partial charge in [-0.15, -0.1) is 0 Å². The average molecular weight is 483 g/mol.